The highest BCUT2D eigenvalue weighted by molar-refractivity contribution is 5.07. The molecule has 0 amide bonds. The molecule has 3 rings (SSSR count). The topological polar surface area (TPSA) is 52.5 Å². The van der Waals surface area contributed by atoms with Crippen LogP contribution in [-0.4, -0.2) is 29.6 Å². The number of rotatable bonds is 5. The lowest BCUT2D eigenvalue weighted by Gasteiger charge is -2.60. The Hall–Kier alpha value is -0.120. The molecule has 3 fully saturated rings. The molecule has 0 aliphatic heterocycles. The quantitative estimate of drug-likeness (QED) is 0.624. The summed E-state index contributed by atoms with van der Waals surface area (Å²) in [4.78, 5) is 0. The number of aliphatic hydroxyl groups is 2. The van der Waals surface area contributed by atoms with Gasteiger partial charge in [0.25, 0.3) is 0 Å². The van der Waals surface area contributed by atoms with Crippen molar-refractivity contribution in [3.8, 4) is 0 Å². The standard InChI is InChI=1S/C13H25NO2/c1-10(2)11(16)14-8-12-4-3-5-13(6-12,7-12)9-15/h10-11,14-16H,3-9H2,1-2H3. The Morgan fingerprint density at radius 2 is 1.81 bits per heavy atom. The highest BCUT2D eigenvalue weighted by Gasteiger charge is 2.56. The molecule has 3 saturated carbocycles. The van der Waals surface area contributed by atoms with Crippen LogP contribution in [0.4, 0.5) is 0 Å². The maximum Gasteiger partial charge on any atom is 0.107 e. The van der Waals surface area contributed by atoms with Crippen molar-refractivity contribution in [2.45, 2.75) is 52.2 Å². The average Bonchev–Trinajstić information content (AvgIpc) is 2.25. The Morgan fingerprint density at radius 3 is 2.38 bits per heavy atom. The Labute approximate surface area is 98.2 Å². The Morgan fingerprint density at radius 1 is 1.19 bits per heavy atom. The minimum Gasteiger partial charge on any atom is -0.396 e. The van der Waals surface area contributed by atoms with Gasteiger partial charge < -0.3 is 10.2 Å². The third-order valence-electron chi connectivity index (χ3n) is 4.57. The molecule has 1 unspecified atom stereocenters. The lowest BCUT2D eigenvalue weighted by atomic mass is 9.46. The van der Waals surface area contributed by atoms with Crippen LogP contribution in [0.3, 0.4) is 0 Å². The van der Waals surface area contributed by atoms with E-state index in [2.05, 4.69) is 5.32 Å². The van der Waals surface area contributed by atoms with Gasteiger partial charge in [0.15, 0.2) is 0 Å². The highest BCUT2D eigenvalue weighted by atomic mass is 16.3. The summed E-state index contributed by atoms with van der Waals surface area (Å²) in [6, 6.07) is 0. The fourth-order valence-electron chi connectivity index (χ4n) is 3.69. The molecule has 0 heterocycles. The summed E-state index contributed by atoms with van der Waals surface area (Å²) in [5.41, 5.74) is 0.611. The number of aliphatic hydroxyl groups excluding tert-OH is 2. The van der Waals surface area contributed by atoms with Gasteiger partial charge in [-0.15, -0.1) is 0 Å². The number of nitrogens with one attached hydrogen (secondary N) is 1. The Balaban J connectivity index is 1.83. The van der Waals surface area contributed by atoms with Crippen molar-refractivity contribution >= 4 is 0 Å². The summed E-state index contributed by atoms with van der Waals surface area (Å²) in [6.45, 7) is 5.31. The van der Waals surface area contributed by atoms with Gasteiger partial charge >= 0.3 is 0 Å². The maximum atomic E-state index is 9.75. The molecule has 3 heteroatoms. The molecule has 0 aromatic heterocycles. The predicted molar refractivity (Wildman–Crippen MR) is 63.9 cm³/mol. The molecule has 1 atom stereocenters. The monoisotopic (exact) mass is 227 g/mol. The van der Waals surface area contributed by atoms with Crippen molar-refractivity contribution in [3.05, 3.63) is 0 Å². The molecule has 3 nitrogen and oxygen atoms in total. The fraction of sp³-hybridized carbons (Fsp3) is 1.00. The third kappa shape index (κ3) is 2.13. The molecule has 94 valence electrons. The van der Waals surface area contributed by atoms with E-state index in [1.54, 1.807) is 0 Å². The van der Waals surface area contributed by atoms with Gasteiger partial charge in [0.2, 0.25) is 0 Å². The smallest absolute Gasteiger partial charge is 0.107 e. The van der Waals surface area contributed by atoms with E-state index in [4.69, 9.17) is 0 Å². The SMILES string of the molecule is CC(C)C(O)NCC12CCCC(CO)(C1)C2. The maximum absolute atomic E-state index is 9.75. The van der Waals surface area contributed by atoms with Crippen molar-refractivity contribution in [1.29, 1.82) is 0 Å². The molecule has 2 bridgehead atoms. The zero-order valence-corrected chi connectivity index (χ0v) is 10.5. The van der Waals surface area contributed by atoms with Gasteiger partial charge in [0, 0.05) is 13.2 Å². The van der Waals surface area contributed by atoms with Crippen LogP contribution in [0.15, 0.2) is 0 Å². The number of hydrogen-bond donors (Lipinski definition) is 3. The summed E-state index contributed by atoms with van der Waals surface area (Å²) in [5.74, 6) is 0.266. The van der Waals surface area contributed by atoms with Gasteiger partial charge in [-0.25, -0.2) is 0 Å². The minimum absolute atomic E-state index is 0.239. The predicted octanol–water partition coefficient (Wildman–Crippen LogP) is 1.49. The first-order valence-corrected chi connectivity index (χ1v) is 6.53. The summed E-state index contributed by atoms with van der Waals surface area (Å²) >= 11 is 0. The highest BCUT2D eigenvalue weighted by Crippen LogP contribution is 2.63. The first-order valence-electron chi connectivity index (χ1n) is 6.53. The fourth-order valence-corrected chi connectivity index (χ4v) is 3.69. The molecule has 3 aliphatic carbocycles. The van der Waals surface area contributed by atoms with Gasteiger partial charge in [0.1, 0.15) is 6.23 Å². The first-order chi connectivity index (χ1) is 7.51. The zero-order valence-electron chi connectivity index (χ0n) is 10.5. The molecule has 0 aromatic rings. The van der Waals surface area contributed by atoms with Crippen LogP contribution in [0.5, 0.6) is 0 Å². The minimum atomic E-state index is -0.388. The van der Waals surface area contributed by atoms with Crippen LogP contribution in [0.1, 0.15) is 46.0 Å². The average molecular weight is 227 g/mol. The van der Waals surface area contributed by atoms with E-state index in [0.717, 1.165) is 19.4 Å². The summed E-state index contributed by atoms with van der Waals surface area (Å²) in [6.07, 6.45) is 5.59. The Bertz CT molecular complexity index is 246. The molecule has 16 heavy (non-hydrogen) atoms. The van der Waals surface area contributed by atoms with Crippen LogP contribution in [0.2, 0.25) is 0 Å². The van der Waals surface area contributed by atoms with E-state index in [9.17, 15) is 10.2 Å². The van der Waals surface area contributed by atoms with Gasteiger partial charge in [0.05, 0.1) is 0 Å². The molecule has 0 aromatic carbocycles. The van der Waals surface area contributed by atoms with Crippen molar-refractivity contribution in [3.63, 3.8) is 0 Å². The number of fused-ring (bicyclic) bond motifs is 2. The third-order valence-corrected chi connectivity index (χ3v) is 4.57. The molecule has 3 N–H and O–H groups in total. The van der Waals surface area contributed by atoms with Crippen LogP contribution in [-0.2, 0) is 0 Å². The summed E-state index contributed by atoms with van der Waals surface area (Å²) in [5, 5.41) is 22.4. The van der Waals surface area contributed by atoms with Crippen LogP contribution >= 0.6 is 0 Å². The number of hydrogen-bond acceptors (Lipinski definition) is 3. The van der Waals surface area contributed by atoms with Gasteiger partial charge in [-0.1, -0.05) is 20.3 Å². The lowest BCUT2D eigenvalue weighted by molar-refractivity contribution is -0.124. The summed E-state index contributed by atoms with van der Waals surface area (Å²) < 4.78 is 0. The molecular weight excluding hydrogens is 202 g/mol. The summed E-state index contributed by atoms with van der Waals surface area (Å²) in [7, 11) is 0. The van der Waals surface area contributed by atoms with Crippen LogP contribution in [0.25, 0.3) is 0 Å². The van der Waals surface area contributed by atoms with Gasteiger partial charge in [-0.2, -0.15) is 0 Å². The second-order valence-electron chi connectivity index (χ2n) is 6.43. The van der Waals surface area contributed by atoms with Crippen molar-refractivity contribution in [2.75, 3.05) is 13.2 Å². The van der Waals surface area contributed by atoms with Crippen molar-refractivity contribution in [2.24, 2.45) is 16.7 Å². The zero-order chi connectivity index (χ0) is 11.8. The molecule has 0 saturated heterocycles. The van der Waals surface area contributed by atoms with E-state index in [1.807, 2.05) is 13.8 Å². The second kappa shape index (κ2) is 4.28. The Kier molecular flexibility index (Phi) is 3.30. The first kappa shape index (κ1) is 12.3. The molecule has 3 aliphatic rings. The largest absolute Gasteiger partial charge is 0.396 e. The van der Waals surface area contributed by atoms with Gasteiger partial charge in [-0.3, -0.25) is 5.32 Å². The molecule has 0 radical (unpaired) electrons. The van der Waals surface area contributed by atoms with E-state index >= 15 is 0 Å². The van der Waals surface area contributed by atoms with E-state index < -0.39 is 0 Å². The molecule has 0 spiro atoms. The van der Waals surface area contributed by atoms with E-state index in [0.29, 0.717) is 12.0 Å². The van der Waals surface area contributed by atoms with E-state index in [1.165, 1.54) is 19.3 Å². The van der Waals surface area contributed by atoms with Crippen LogP contribution < -0.4 is 5.32 Å². The normalized spacial score (nSPS) is 39.6. The van der Waals surface area contributed by atoms with Crippen molar-refractivity contribution in [1.82, 2.24) is 5.32 Å². The lowest BCUT2D eigenvalue weighted by Crippen LogP contribution is -2.57. The van der Waals surface area contributed by atoms with Crippen molar-refractivity contribution < 1.29 is 10.2 Å². The van der Waals surface area contributed by atoms with Crippen LogP contribution in [0, 0.1) is 16.7 Å². The second-order valence-corrected chi connectivity index (χ2v) is 6.43. The van der Waals surface area contributed by atoms with E-state index in [-0.39, 0.29) is 17.6 Å². The molecular formula is C13H25NO2. The van der Waals surface area contributed by atoms with Gasteiger partial charge in [-0.05, 0) is 42.4 Å².